The average Bonchev–Trinajstić information content (AvgIpc) is 2.00. The van der Waals surface area contributed by atoms with Gasteiger partial charge in [-0.1, -0.05) is 19.8 Å². The van der Waals surface area contributed by atoms with E-state index in [1.54, 1.807) is 0 Å². The van der Waals surface area contributed by atoms with Crippen LogP contribution in [0.1, 0.15) is 46.0 Å². The molecule has 0 aliphatic heterocycles. The van der Waals surface area contributed by atoms with Crippen molar-refractivity contribution < 1.29 is 37.8 Å². The first kappa shape index (κ1) is 16.5. The van der Waals surface area contributed by atoms with Gasteiger partial charge in [-0.15, -0.1) is 6.42 Å². The number of aliphatic hydroxyl groups excluding tert-OH is 1. The number of rotatable bonds is 7. The third kappa shape index (κ3) is 11.0. The standard InChI is InChI=1S/C11H22O.Y/c1-4-5-6-11(7-8-12)9-10(2)3;/h10,12H,1,4-9H2,2-3H3;/q-2;. The van der Waals surface area contributed by atoms with E-state index in [2.05, 4.69) is 20.8 Å². The van der Waals surface area contributed by atoms with Crippen LogP contribution in [0.15, 0.2) is 0 Å². The normalized spacial score (nSPS) is 10.6. The zero-order valence-corrected chi connectivity index (χ0v) is 11.9. The van der Waals surface area contributed by atoms with E-state index in [0.29, 0.717) is 6.61 Å². The summed E-state index contributed by atoms with van der Waals surface area (Å²) in [6, 6.07) is 0. The van der Waals surface area contributed by atoms with Crippen molar-refractivity contribution in [2.24, 2.45) is 5.92 Å². The number of hydrogen-bond acceptors (Lipinski definition) is 1. The van der Waals surface area contributed by atoms with Gasteiger partial charge in [-0.3, -0.25) is 0 Å². The Labute approximate surface area is 109 Å². The van der Waals surface area contributed by atoms with E-state index in [-0.39, 0.29) is 32.7 Å². The first-order valence-corrected chi connectivity index (χ1v) is 4.94. The Morgan fingerprint density at radius 3 is 2.31 bits per heavy atom. The Morgan fingerprint density at radius 1 is 1.31 bits per heavy atom. The summed E-state index contributed by atoms with van der Waals surface area (Å²) in [7, 11) is 0. The van der Waals surface area contributed by atoms with Crippen LogP contribution in [0.5, 0.6) is 0 Å². The van der Waals surface area contributed by atoms with Crippen LogP contribution in [-0.2, 0) is 32.7 Å². The molecule has 0 amide bonds. The van der Waals surface area contributed by atoms with Gasteiger partial charge in [0.1, 0.15) is 0 Å². The Balaban J connectivity index is 0. The Morgan fingerprint density at radius 2 is 1.92 bits per heavy atom. The molecular weight excluding hydrogens is 237 g/mol. The molecule has 2 heteroatoms. The molecule has 0 aromatic heterocycles. The molecule has 0 atom stereocenters. The van der Waals surface area contributed by atoms with Crippen molar-refractivity contribution in [2.75, 3.05) is 6.61 Å². The molecule has 1 nitrogen and oxygen atoms in total. The van der Waals surface area contributed by atoms with Crippen molar-refractivity contribution in [3.05, 3.63) is 12.8 Å². The first-order valence-electron chi connectivity index (χ1n) is 4.94. The second-order valence-electron chi connectivity index (χ2n) is 3.78. The number of hydrogen-bond donors (Lipinski definition) is 1. The molecule has 0 rings (SSSR count). The fourth-order valence-corrected chi connectivity index (χ4v) is 1.44. The minimum absolute atomic E-state index is 0. The molecule has 0 aliphatic rings. The summed E-state index contributed by atoms with van der Waals surface area (Å²) in [5.41, 5.74) is 0. The van der Waals surface area contributed by atoms with Crippen LogP contribution in [0.2, 0.25) is 0 Å². The molecule has 13 heavy (non-hydrogen) atoms. The van der Waals surface area contributed by atoms with Crippen LogP contribution < -0.4 is 0 Å². The molecule has 0 spiro atoms. The summed E-state index contributed by atoms with van der Waals surface area (Å²) >= 11 is 0. The van der Waals surface area contributed by atoms with Gasteiger partial charge in [0.15, 0.2) is 0 Å². The largest absolute Gasteiger partial charge is 0.399 e. The summed E-state index contributed by atoms with van der Waals surface area (Å²) in [6.45, 7) is 8.57. The Bertz CT molecular complexity index is 94.1. The second kappa shape index (κ2) is 11.1. The van der Waals surface area contributed by atoms with E-state index < -0.39 is 0 Å². The molecule has 0 fully saturated rings. The van der Waals surface area contributed by atoms with Crippen molar-refractivity contribution in [1.29, 1.82) is 0 Å². The van der Waals surface area contributed by atoms with Gasteiger partial charge in [0.2, 0.25) is 0 Å². The average molecular weight is 259 g/mol. The molecule has 1 N–H and O–H groups in total. The molecule has 0 aliphatic carbocycles. The second-order valence-corrected chi connectivity index (χ2v) is 3.78. The van der Waals surface area contributed by atoms with Gasteiger partial charge in [0, 0.05) is 39.3 Å². The van der Waals surface area contributed by atoms with E-state index in [1.165, 1.54) is 18.8 Å². The van der Waals surface area contributed by atoms with Crippen LogP contribution in [-0.4, -0.2) is 11.7 Å². The molecule has 0 heterocycles. The quantitative estimate of drug-likeness (QED) is 0.697. The topological polar surface area (TPSA) is 20.2 Å². The van der Waals surface area contributed by atoms with E-state index in [9.17, 15) is 0 Å². The Hall–Kier alpha value is 1.06. The van der Waals surface area contributed by atoms with Crippen molar-refractivity contribution in [1.82, 2.24) is 0 Å². The summed E-state index contributed by atoms with van der Waals surface area (Å²) in [6.07, 6.45) is 5.38. The fraction of sp³-hybridized carbons (Fsp3) is 0.818. The van der Waals surface area contributed by atoms with Gasteiger partial charge in [-0.25, -0.2) is 0 Å². The third-order valence-electron chi connectivity index (χ3n) is 1.94. The van der Waals surface area contributed by atoms with Crippen LogP contribution in [0.4, 0.5) is 0 Å². The maximum absolute atomic E-state index is 8.81. The number of aliphatic hydroxyl groups is 1. The van der Waals surface area contributed by atoms with E-state index >= 15 is 0 Å². The molecular formula is C11H22OY-2. The zero-order chi connectivity index (χ0) is 9.40. The summed E-state index contributed by atoms with van der Waals surface area (Å²) in [5, 5.41) is 8.81. The minimum atomic E-state index is 0. The van der Waals surface area contributed by atoms with Crippen molar-refractivity contribution in [3.63, 3.8) is 0 Å². The van der Waals surface area contributed by atoms with Gasteiger partial charge in [-0.05, 0) is 0 Å². The predicted molar refractivity (Wildman–Crippen MR) is 53.6 cm³/mol. The summed E-state index contributed by atoms with van der Waals surface area (Å²) < 4.78 is 0. The van der Waals surface area contributed by atoms with Gasteiger partial charge in [0.05, 0.1) is 0 Å². The van der Waals surface area contributed by atoms with E-state index in [0.717, 1.165) is 25.2 Å². The summed E-state index contributed by atoms with van der Waals surface area (Å²) in [4.78, 5) is 0. The van der Waals surface area contributed by atoms with Crippen LogP contribution in [0, 0.1) is 18.8 Å². The molecule has 0 aromatic carbocycles. The summed E-state index contributed by atoms with van der Waals surface area (Å²) in [5.74, 6) is 2.23. The SMILES string of the molecule is [CH2-]CCC[C-](CCO)CC(C)C.[Y]. The van der Waals surface area contributed by atoms with Crippen LogP contribution >= 0.6 is 0 Å². The zero-order valence-electron chi connectivity index (χ0n) is 9.05. The molecule has 0 bridgehead atoms. The first-order chi connectivity index (χ1) is 5.70. The van der Waals surface area contributed by atoms with Gasteiger partial charge < -0.3 is 17.9 Å². The van der Waals surface area contributed by atoms with E-state index in [4.69, 9.17) is 5.11 Å². The maximum Gasteiger partial charge on any atom is 0.0163 e. The molecule has 77 valence electrons. The third-order valence-corrected chi connectivity index (χ3v) is 1.94. The van der Waals surface area contributed by atoms with Crippen LogP contribution in [0.25, 0.3) is 0 Å². The van der Waals surface area contributed by atoms with Gasteiger partial charge in [-0.2, -0.15) is 25.7 Å². The fourth-order valence-electron chi connectivity index (χ4n) is 1.44. The Kier molecular flexibility index (Phi) is 14.1. The number of unbranched alkanes of at least 4 members (excludes halogenated alkanes) is 1. The minimum Gasteiger partial charge on any atom is -0.399 e. The van der Waals surface area contributed by atoms with Crippen molar-refractivity contribution >= 4 is 0 Å². The maximum atomic E-state index is 8.81. The van der Waals surface area contributed by atoms with Gasteiger partial charge in [0.25, 0.3) is 0 Å². The predicted octanol–water partition coefficient (Wildman–Crippen LogP) is 2.99. The van der Waals surface area contributed by atoms with Crippen molar-refractivity contribution in [3.8, 4) is 0 Å². The van der Waals surface area contributed by atoms with E-state index in [1.807, 2.05) is 0 Å². The molecule has 0 saturated carbocycles. The molecule has 0 unspecified atom stereocenters. The molecule has 0 aromatic rings. The van der Waals surface area contributed by atoms with Crippen LogP contribution in [0.3, 0.4) is 0 Å². The molecule has 0 saturated heterocycles. The van der Waals surface area contributed by atoms with Crippen molar-refractivity contribution in [2.45, 2.75) is 46.0 Å². The molecule has 1 radical (unpaired) electrons. The van der Waals surface area contributed by atoms with Gasteiger partial charge >= 0.3 is 0 Å². The monoisotopic (exact) mass is 259 g/mol. The smallest absolute Gasteiger partial charge is 0.0163 e.